The average Bonchev–Trinajstić information content (AvgIpc) is 3.24. The average molecular weight is 445 g/mol. The number of aryl methyl sites for hydroxylation is 2. The van der Waals surface area contributed by atoms with Crippen LogP contribution in [0.15, 0.2) is 54.7 Å². The Kier molecular flexibility index (Phi) is 7.23. The monoisotopic (exact) mass is 444 g/mol. The number of carbonyl (C=O) groups is 1. The number of benzene rings is 2. The Hall–Kier alpha value is -3.41. The number of esters is 1. The third-order valence-electron chi connectivity index (χ3n) is 6.40. The number of nitrogen functional groups attached to an aromatic ring is 1. The quantitative estimate of drug-likeness (QED) is 0.287. The molecule has 33 heavy (non-hydrogen) atoms. The van der Waals surface area contributed by atoms with Crippen molar-refractivity contribution in [2.45, 2.75) is 44.9 Å². The van der Waals surface area contributed by atoms with Crippen molar-refractivity contribution >= 4 is 11.8 Å². The van der Waals surface area contributed by atoms with Gasteiger partial charge in [0.1, 0.15) is 11.7 Å². The van der Waals surface area contributed by atoms with Crippen LogP contribution in [0.3, 0.4) is 0 Å². The third-order valence-corrected chi connectivity index (χ3v) is 6.40. The molecule has 1 aliphatic carbocycles. The first-order valence-corrected chi connectivity index (χ1v) is 11.7. The minimum Gasteiger partial charge on any atom is -0.465 e. The second-order valence-corrected chi connectivity index (χ2v) is 8.94. The number of hydrogen-bond acceptors (Lipinski definition) is 4. The van der Waals surface area contributed by atoms with Crippen LogP contribution in [0.25, 0.3) is 22.6 Å². The molecule has 1 saturated carbocycles. The fraction of sp³-hybridized carbons (Fsp3) is 0.370. The molecule has 172 valence electrons. The van der Waals surface area contributed by atoms with Gasteiger partial charge in [0.05, 0.1) is 12.3 Å². The number of hydrogen-bond donors (Lipinski definition) is 2. The van der Waals surface area contributed by atoms with Gasteiger partial charge in [-0.05, 0) is 30.7 Å². The second kappa shape index (κ2) is 10.5. The van der Waals surface area contributed by atoms with Crippen LogP contribution < -0.4 is 5.73 Å². The zero-order chi connectivity index (χ0) is 23.2. The van der Waals surface area contributed by atoms with Crippen molar-refractivity contribution in [1.29, 1.82) is 5.41 Å². The Morgan fingerprint density at radius 2 is 1.73 bits per heavy atom. The maximum Gasteiger partial charge on any atom is 0.306 e. The summed E-state index contributed by atoms with van der Waals surface area (Å²) >= 11 is 0. The molecule has 6 heteroatoms. The van der Waals surface area contributed by atoms with Crippen LogP contribution in [0.4, 0.5) is 0 Å². The number of nitrogens with one attached hydrogen (secondary N) is 1. The Balaban J connectivity index is 1.34. The number of rotatable bonds is 8. The predicted octanol–water partition coefficient (Wildman–Crippen LogP) is 5.09. The van der Waals surface area contributed by atoms with Gasteiger partial charge in [0.2, 0.25) is 0 Å². The molecule has 4 rings (SSSR count). The maximum absolute atomic E-state index is 12.1. The molecule has 0 atom stereocenters. The molecule has 1 fully saturated rings. The lowest BCUT2D eigenvalue weighted by Gasteiger charge is -2.21. The zero-order valence-corrected chi connectivity index (χ0v) is 19.2. The Morgan fingerprint density at radius 3 is 2.39 bits per heavy atom. The lowest BCUT2D eigenvalue weighted by Crippen LogP contribution is -2.17. The summed E-state index contributed by atoms with van der Waals surface area (Å²) in [4.78, 5) is 16.9. The van der Waals surface area contributed by atoms with Gasteiger partial charge < -0.3 is 15.0 Å². The SMILES string of the molecule is Cn1cc(-c2ccc(C(=N)N)cc2)nc1-c1ccc(CCC(=O)OCC2CCCCC2)cc1. The minimum absolute atomic E-state index is 0.0563. The van der Waals surface area contributed by atoms with E-state index in [1.807, 2.05) is 54.2 Å². The summed E-state index contributed by atoms with van der Waals surface area (Å²) in [7, 11) is 1.98. The van der Waals surface area contributed by atoms with Crippen molar-refractivity contribution in [1.82, 2.24) is 9.55 Å². The standard InChI is InChI=1S/C27H32N4O2/c1-31-17-24(21-12-14-22(15-13-21)26(28)29)30-27(31)23-10-7-19(8-11-23)9-16-25(32)33-18-20-5-3-2-4-6-20/h7-8,10-15,17,20H,2-6,9,16,18H2,1H3,(H3,28,29). The van der Waals surface area contributed by atoms with E-state index in [1.54, 1.807) is 0 Å². The Bertz CT molecular complexity index is 1090. The molecule has 0 radical (unpaired) electrons. The van der Waals surface area contributed by atoms with E-state index >= 15 is 0 Å². The number of nitrogens with zero attached hydrogens (tertiary/aromatic N) is 2. The van der Waals surface area contributed by atoms with Crippen LogP contribution in [0.1, 0.15) is 49.7 Å². The molecule has 0 saturated heterocycles. The molecular formula is C27H32N4O2. The summed E-state index contributed by atoms with van der Waals surface area (Å²) in [6, 6.07) is 15.7. The van der Waals surface area contributed by atoms with Gasteiger partial charge >= 0.3 is 5.97 Å². The van der Waals surface area contributed by atoms with E-state index in [1.165, 1.54) is 32.1 Å². The number of imidazole rings is 1. The zero-order valence-electron chi connectivity index (χ0n) is 19.2. The molecule has 1 heterocycles. The maximum atomic E-state index is 12.1. The molecular weight excluding hydrogens is 412 g/mol. The molecule has 3 aromatic rings. The number of carbonyl (C=O) groups excluding carboxylic acids is 1. The highest BCUT2D eigenvalue weighted by atomic mass is 16.5. The summed E-state index contributed by atoms with van der Waals surface area (Å²) in [5.74, 6) is 1.38. The van der Waals surface area contributed by atoms with E-state index < -0.39 is 0 Å². The van der Waals surface area contributed by atoms with Crippen LogP contribution in [0, 0.1) is 11.3 Å². The summed E-state index contributed by atoms with van der Waals surface area (Å²) < 4.78 is 7.51. The molecule has 0 unspecified atom stereocenters. The van der Waals surface area contributed by atoms with Gasteiger partial charge in [-0.2, -0.15) is 0 Å². The molecule has 0 aliphatic heterocycles. The van der Waals surface area contributed by atoms with Gasteiger partial charge in [0.15, 0.2) is 0 Å². The van der Waals surface area contributed by atoms with Crippen LogP contribution in [-0.4, -0.2) is 28.0 Å². The molecule has 0 amide bonds. The van der Waals surface area contributed by atoms with Gasteiger partial charge in [-0.3, -0.25) is 10.2 Å². The third kappa shape index (κ3) is 5.89. The second-order valence-electron chi connectivity index (χ2n) is 8.94. The van der Waals surface area contributed by atoms with Gasteiger partial charge in [0, 0.05) is 36.4 Å². The number of nitrogens with two attached hydrogens (primary N) is 1. The lowest BCUT2D eigenvalue weighted by atomic mass is 9.90. The number of ether oxygens (including phenoxy) is 1. The van der Waals surface area contributed by atoms with Crippen molar-refractivity contribution < 1.29 is 9.53 Å². The molecule has 1 aliphatic rings. The van der Waals surface area contributed by atoms with Crippen LogP contribution in [-0.2, 0) is 23.0 Å². The molecule has 6 nitrogen and oxygen atoms in total. The first kappa shape index (κ1) is 22.8. The van der Waals surface area contributed by atoms with E-state index in [4.69, 9.17) is 20.9 Å². The largest absolute Gasteiger partial charge is 0.465 e. The molecule has 0 bridgehead atoms. The van der Waals surface area contributed by atoms with Crippen molar-refractivity contribution in [2.75, 3.05) is 6.61 Å². The first-order chi connectivity index (χ1) is 16.0. The van der Waals surface area contributed by atoms with Crippen molar-refractivity contribution in [3.05, 3.63) is 65.9 Å². The summed E-state index contributed by atoms with van der Waals surface area (Å²) in [5.41, 5.74) is 10.2. The molecule has 2 aromatic carbocycles. The van der Waals surface area contributed by atoms with E-state index in [0.29, 0.717) is 30.9 Å². The highest BCUT2D eigenvalue weighted by Crippen LogP contribution is 2.26. The highest BCUT2D eigenvalue weighted by Gasteiger charge is 2.16. The van der Waals surface area contributed by atoms with Gasteiger partial charge in [-0.15, -0.1) is 0 Å². The smallest absolute Gasteiger partial charge is 0.306 e. The number of aromatic nitrogens is 2. The van der Waals surface area contributed by atoms with Crippen LogP contribution >= 0.6 is 0 Å². The Labute approximate surface area is 195 Å². The van der Waals surface area contributed by atoms with Crippen molar-refractivity contribution in [3.8, 4) is 22.6 Å². The number of amidine groups is 1. The van der Waals surface area contributed by atoms with Gasteiger partial charge in [-0.1, -0.05) is 67.8 Å². The van der Waals surface area contributed by atoms with Crippen LogP contribution in [0.2, 0.25) is 0 Å². The van der Waals surface area contributed by atoms with Gasteiger partial charge in [-0.25, -0.2) is 4.98 Å². The van der Waals surface area contributed by atoms with Crippen molar-refractivity contribution in [3.63, 3.8) is 0 Å². The summed E-state index contributed by atoms with van der Waals surface area (Å²) in [5, 5.41) is 7.53. The lowest BCUT2D eigenvalue weighted by molar-refractivity contribution is -0.145. The normalized spacial score (nSPS) is 14.2. The highest BCUT2D eigenvalue weighted by molar-refractivity contribution is 5.95. The minimum atomic E-state index is -0.103. The van der Waals surface area contributed by atoms with Gasteiger partial charge in [0.25, 0.3) is 0 Å². The van der Waals surface area contributed by atoms with Crippen LogP contribution in [0.5, 0.6) is 0 Å². The summed E-state index contributed by atoms with van der Waals surface area (Å²) in [6.07, 6.45) is 9.30. The van der Waals surface area contributed by atoms with E-state index in [2.05, 4.69) is 12.1 Å². The first-order valence-electron chi connectivity index (χ1n) is 11.7. The predicted molar refractivity (Wildman–Crippen MR) is 131 cm³/mol. The Morgan fingerprint density at radius 1 is 1.06 bits per heavy atom. The summed E-state index contributed by atoms with van der Waals surface area (Å²) in [6.45, 7) is 0.580. The fourth-order valence-electron chi connectivity index (χ4n) is 4.40. The topological polar surface area (TPSA) is 94.0 Å². The molecule has 1 aromatic heterocycles. The molecule has 3 N–H and O–H groups in total. The van der Waals surface area contributed by atoms with E-state index in [-0.39, 0.29) is 11.8 Å². The molecule has 0 spiro atoms. The van der Waals surface area contributed by atoms with E-state index in [0.717, 1.165) is 28.2 Å². The van der Waals surface area contributed by atoms with Crippen molar-refractivity contribution in [2.24, 2.45) is 18.7 Å². The fourth-order valence-corrected chi connectivity index (χ4v) is 4.40. The van der Waals surface area contributed by atoms with E-state index in [9.17, 15) is 4.79 Å².